The lowest BCUT2D eigenvalue weighted by Crippen LogP contribution is -2.01. The topological polar surface area (TPSA) is 43.6 Å². The molecule has 6 heteroatoms. The Kier molecular flexibility index (Phi) is 4.74. The van der Waals surface area contributed by atoms with Crippen LogP contribution in [0.25, 0.3) is 32.6 Å². The van der Waals surface area contributed by atoms with Gasteiger partial charge in [-0.1, -0.05) is 31.5 Å². The van der Waals surface area contributed by atoms with Gasteiger partial charge in [0.25, 0.3) is 0 Å². The maximum absolute atomic E-state index is 6.24. The summed E-state index contributed by atoms with van der Waals surface area (Å²) in [5, 5.41) is 5.12. The molecule has 1 aromatic carbocycles. The molecule has 3 aromatic heterocycles. The van der Waals surface area contributed by atoms with E-state index in [9.17, 15) is 0 Å². The Morgan fingerprint density at radius 1 is 1.12 bits per heavy atom. The van der Waals surface area contributed by atoms with Gasteiger partial charge in [-0.2, -0.15) is 5.10 Å². The van der Waals surface area contributed by atoms with Crippen LogP contribution < -0.4 is 0 Å². The Morgan fingerprint density at radius 2 is 2.00 bits per heavy atom. The van der Waals surface area contributed by atoms with Crippen molar-refractivity contribution in [3.05, 3.63) is 53.4 Å². The second-order valence-electron chi connectivity index (χ2n) is 6.76. The smallest absolute Gasteiger partial charge is 0.0818 e. The second-order valence-corrected chi connectivity index (χ2v) is 8.08. The zero-order chi connectivity index (χ0) is 18.1. The minimum Gasteiger partial charge on any atom is -0.272 e. The van der Waals surface area contributed by atoms with Crippen LogP contribution in [0.3, 0.4) is 0 Å². The van der Waals surface area contributed by atoms with Crippen LogP contribution in [0.1, 0.15) is 20.3 Å². The van der Waals surface area contributed by atoms with Crippen LogP contribution in [0.5, 0.6) is 0 Å². The molecule has 0 radical (unpaired) electrons. The van der Waals surface area contributed by atoms with Crippen LogP contribution >= 0.6 is 22.9 Å². The van der Waals surface area contributed by atoms with E-state index in [-0.39, 0.29) is 0 Å². The van der Waals surface area contributed by atoms with Gasteiger partial charge in [-0.05, 0) is 30.5 Å². The van der Waals surface area contributed by atoms with Gasteiger partial charge in [-0.15, -0.1) is 11.3 Å². The molecular weight excluding hydrogens is 364 g/mol. The van der Waals surface area contributed by atoms with Gasteiger partial charge in [-0.3, -0.25) is 9.67 Å². The monoisotopic (exact) mass is 382 g/mol. The second kappa shape index (κ2) is 7.17. The fourth-order valence-corrected chi connectivity index (χ4v) is 3.73. The van der Waals surface area contributed by atoms with Crippen molar-refractivity contribution in [2.24, 2.45) is 5.92 Å². The molecule has 0 spiro atoms. The van der Waals surface area contributed by atoms with Crippen molar-refractivity contribution in [1.82, 2.24) is 19.7 Å². The average molecular weight is 383 g/mol. The summed E-state index contributed by atoms with van der Waals surface area (Å²) in [5.41, 5.74) is 6.80. The highest BCUT2D eigenvalue weighted by Gasteiger charge is 2.13. The number of halogens is 1. The number of thiazole rings is 1. The van der Waals surface area contributed by atoms with Gasteiger partial charge in [0.1, 0.15) is 0 Å². The van der Waals surface area contributed by atoms with Crippen molar-refractivity contribution in [3.8, 4) is 22.4 Å². The summed E-state index contributed by atoms with van der Waals surface area (Å²) >= 11 is 7.88. The molecule has 0 bridgehead atoms. The third-order valence-electron chi connectivity index (χ3n) is 4.34. The van der Waals surface area contributed by atoms with Gasteiger partial charge in [0.05, 0.1) is 32.6 Å². The number of pyridine rings is 1. The van der Waals surface area contributed by atoms with Crippen LogP contribution in [-0.4, -0.2) is 19.7 Å². The lowest BCUT2D eigenvalue weighted by molar-refractivity contribution is 0.487. The van der Waals surface area contributed by atoms with Gasteiger partial charge in [0.15, 0.2) is 0 Å². The zero-order valence-electron chi connectivity index (χ0n) is 14.7. The van der Waals surface area contributed by atoms with E-state index in [4.69, 9.17) is 11.6 Å². The van der Waals surface area contributed by atoms with E-state index in [2.05, 4.69) is 53.3 Å². The SMILES string of the molecule is CC(C)CCn1cc(-c2cc(Cl)cnc2-c2ccc3scnc3c2)cn1. The predicted octanol–water partition coefficient (Wildman–Crippen LogP) is 5.92. The number of aromatic nitrogens is 4. The molecule has 0 aliphatic heterocycles. The first-order valence-corrected chi connectivity index (χ1v) is 9.88. The molecule has 4 rings (SSSR count). The summed E-state index contributed by atoms with van der Waals surface area (Å²) in [4.78, 5) is 9.02. The van der Waals surface area contributed by atoms with E-state index in [0.717, 1.165) is 40.9 Å². The average Bonchev–Trinajstić information content (AvgIpc) is 3.28. The molecule has 4 nitrogen and oxygen atoms in total. The molecule has 0 aliphatic carbocycles. The number of rotatable bonds is 5. The van der Waals surface area contributed by atoms with Gasteiger partial charge in [0, 0.05) is 35.6 Å². The van der Waals surface area contributed by atoms with E-state index in [1.165, 1.54) is 4.70 Å². The van der Waals surface area contributed by atoms with E-state index in [1.54, 1.807) is 17.5 Å². The minimum atomic E-state index is 0.619. The normalized spacial score (nSPS) is 11.5. The largest absolute Gasteiger partial charge is 0.272 e. The van der Waals surface area contributed by atoms with Crippen molar-refractivity contribution in [3.63, 3.8) is 0 Å². The minimum absolute atomic E-state index is 0.619. The zero-order valence-corrected chi connectivity index (χ0v) is 16.3. The van der Waals surface area contributed by atoms with Crippen molar-refractivity contribution in [1.29, 1.82) is 0 Å². The summed E-state index contributed by atoms with van der Waals surface area (Å²) in [6.07, 6.45) is 6.75. The summed E-state index contributed by atoms with van der Waals surface area (Å²) in [7, 11) is 0. The maximum atomic E-state index is 6.24. The van der Waals surface area contributed by atoms with Crippen LogP contribution in [0.15, 0.2) is 48.4 Å². The van der Waals surface area contributed by atoms with Crippen LogP contribution in [-0.2, 0) is 6.54 Å². The summed E-state index contributed by atoms with van der Waals surface area (Å²) in [6.45, 7) is 5.35. The van der Waals surface area contributed by atoms with Gasteiger partial charge in [-0.25, -0.2) is 4.98 Å². The number of aryl methyl sites for hydroxylation is 1. The summed E-state index contributed by atoms with van der Waals surface area (Å²) in [6, 6.07) is 8.21. The quantitative estimate of drug-likeness (QED) is 0.430. The molecule has 0 amide bonds. The summed E-state index contributed by atoms with van der Waals surface area (Å²) < 4.78 is 3.16. The Balaban J connectivity index is 1.75. The van der Waals surface area contributed by atoms with Crippen molar-refractivity contribution < 1.29 is 0 Å². The molecule has 26 heavy (non-hydrogen) atoms. The third-order valence-corrected chi connectivity index (χ3v) is 5.35. The Labute approximate surface area is 161 Å². The highest BCUT2D eigenvalue weighted by atomic mass is 35.5. The molecule has 0 aliphatic rings. The number of hydrogen-bond donors (Lipinski definition) is 0. The molecular formula is C20H19ClN4S. The van der Waals surface area contributed by atoms with Gasteiger partial charge in [0.2, 0.25) is 0 Å². The molecule has 3 heterocycles. The van der Waals surface area contributed by atoms with Crippen LogP contribution in [0.2, 0.25) is 5.02 Å². The standard InChI is InChI=1S/C20H19ClN4S/c1-13(2)5-6-25-11-15(9-24-25)17-8-16(21)10-22-20(17)14-3-4-19-18(7-14)23-12-26-19/h3-4,7-13H,5-6H2,1-2H3. The van der Waals surface area contributed by atoms with E-state index in [0.29, 0.717) is 10.9 Å². The van der Waals surface area contributed by atoms with Crippen molar-refractivity contribution >= 4 is 33.2 Å². The fraction of sp³-hybridized carbons (Fsp3) is 0.250. The Hall–Kier alpha value is -2.24. The van der Waals surface area contributed by atoms with Gasteiger partial charge >= 0.3 is 0 Å². The highest BCUT2D eigenvalue weighted by Crippen LogP contribution is 2.34. The lowest BCUT2D eigenvalue weighted by Gasteiger charge is -2.08. The van der Waals surface area contributed by atoms with Gasteiger partial charge < -0.3 is 0 Å². The molecule has 0 N–H and O–H groups in total. The molecule has 0 fully saturated rings. The number of nitrogens with zero attached hydrogens (tertiary/aromatic N) is 4. The molecule has 0 saturated carbocycles. The van der Waals surface area contributed by atoms with Crippen LogP contribution in [0, 0.1) is 5.92 Å². The van der Waals surface area contributed by atoms with E-state index in [1.807, 2.05) is 22.5 Å². The molecule has 0 unspecified atom stereocenters. The van der Waals surface area contributed by atoms with E-state index < -0.39 is 0 Å². The number of fused-ring (bicyclic) bond motifs is 1. The fourth-order valence-electron chi connectivity index (χ4n) is 2.91. The first kappa shape index (κ1) is 17.2. The Bertz CT molecular complexity index is 1050. The molecule has 0 atom stereocenters. The summed E-state index contributed by atoms with van der Waals surface area (Å²) in [5.74, 6) is 0.649. The molecule has 132 valence electrons. The van der Waals surface area contributed by atoms with E-state index >= 15 is 0 Å². The molecule has 0 saturated heterocycles. The highest BCUT2D eigenvalue weighted by molar-refractivity contribution is 7.16. The molecule has 4 aromatic rings. The Morgan fingerprint density at radius 3 is 2.85 bits per heavy atom. The first-order valence-electron chi connectivity index (χ1n) is 8.62. The predicted molar refractivity (Wildman–Crippen MR) is 109 cm³/mol. The number of hydrogen-bond acceptors (Lipinski definition) is 4. The number of benzene rings is 1. The lowest BCUT2D eigenvalue weighted by atomic mass is 10.0. The van der Waals surface area contributed by atoms with Crippen molar-refractivity contribution in [2.45, 2.75) is 26.8 Å². The third kappa shape index (κ3) is 3.50. The first-order chi connectivity index (χ1) is 12.6. The maximum Gasteiger partial charge on any atom is 0.0818 e. The van der Waals surface area contributed by atoms with Crippen LogP contribution in [0.4, 0.5) is 0 Å². The van der Waals surface area contributed by atoms with Crippen molar-refractivity contribution in [2.75, 3.05) is 0 Å².